The van der Waals surface area contributed by atoms with E-state index in [2.05, 4.69) is 13.8 Å². The Hall–Kier alpha value is -0.680. The lowest BCUT2D eigenvalue weighted by atomic mass is 10.3. The molecule has 0 bridgehead atoms. The van der Waals surface area contributed by atoms with Gasteiger partial charge >= 0.3 is 0 Å². The Balaban J connectivity index is 2.52. The molecule has 98 valence electrons. The normalized spacial score (nSPS) is 15.4. The van der Waals surface area contributed by atoms with Crippen LogP contribution in [-0.2, 0) is 4.79 Å². The minimum atomic E-state index is 0.194. The van der Waals surface area contributed by atoms with Crippen LogP contribution in [-0.4, -0.2) is 52.4 Å². The second-order valence-electron chi connectivity index (χ2n) is 4.88. The average molecular weight is 257 g/mol. The maximum Gasteiger partial charge on any atom is 0.237 e. The first kappa shape index (κ1) is 14.4. The second kappa shape index (κ2) is 6.31. The number of rotatable bonds is 7. The van der Waals surface area contributed by atoms with Crippen LogP contribution >= 0.6 is 12.2 Å². The van der Waals surface area contributed by atoms with E-state index < -0.39 is 0 Å². The van der Waals surface area contributed by atoms with Crippen LogP contribution in [0.3, 0.4) is 0 Å². The van der Waals surface area contributed by atoms with E-state index in [1.54, 1.807) is 0 Å². The molecule has 5 heteroatoms. The fraction of sp³-hybridized carbons (Fsp3) is 0.833. The Morgan fingerprint density at radius 1 is 1.41 bits per heavy atom. The van der Waals surface area contributed by atoms with Gasteiger partial charge in [0.2, 0.25) is 5.91 Å². The molecule has 0 unspecified atom stereocenters. The summed E-state index contributed by atoms with van der Waals surface area (Å²) in [6.45, 7) is 7.87. The molecule has 0 saturated heterocycles. The van der Waals surface area contributed by atoms with Crippen molar-refractivity contribution in [1.29, 1.82) is 0 Å². The lowest BCUT2D eigenvalue weighted by Gasteiger charge is -2.29. The fourth-order valence-electron chi connectivity index (χ4n) is 1.91. The summed E-state index contributed by atoms with van der Waals surface area (Å²) in [6.07, 6.45) is 2.30. The van der Waals surface area contributed by atoms with Gasteiger partial charge in [-0.1, -0.05) is 12.2 Å². The van der Waals surface area contributed by atoms with Crippen LogP contribution in [0.4, 0.5) is 0 Å². The zero-order valence-corrected chi connectivity index (χ0v) is 11.8. The third kappa shape index (κ3) is 4.60. The van der Waals surface area contributed by atoms with E-state index in [9.17, 15) is 4.79 Å². The predicted molar refractivity (Wildman–Crippen MR) is 73.9 cm³/mol. The number of nitrogens with zero attached hydrogens (tertiary/aromatic N) is 2. The minimum Gasteiger partial charge on any atom is -0.392 e. The monoisotopic (exact) mass is 257 g/mol. The van der Waals surface area contributed by atoms with Gasteiger partial charge in [0.25, 0.3) is 0 Å². The quantitative estimate of drug-likeness (QED) is 0.691. The summed E-state index contributed by atoms with van der Waals surface area (Å²) < 4.78 is 0. The number of likely N-dealkylation sites (N-methyl/N-ethyl adjacent to an activating group) is 1. The summed E-state index contributed by atoms with van der Waals surface area (Å²) in [7, 11) is 0. The Kier molecular flexibility index (Phi) is 5.33. The summed E-state index contributed by atoms with van der Waals surface area (Å²) in [5.74, 6) is 0.194. The molecule has 0 aromatic heterocycles. The van der Waals surface area contributed by atoms with Gasteiger partial charge in [-0.25, -0.2) is 0 Å². The topological polar surface area (TPSA) is 49.6 Å². The van der Waals surface area contributed by atoms with Gasteiger partial charge in [-0.05, 0) is 33.6 Å². The molecule has 17 heavy (non-hydrogen) atoms. The molecule has 0 heterocycles. The van der Waals surface area contributed by atoms with Crippen molar-refractivity contribution in [2.45, 2.75) is 45.7 Å². The standard InChI is InChI=1S/C12H23N3OS/c1-4-15(10-5-6-10)12(16)8-14(9(2)3)7-11(13)17/h9-10H,4-8H2,1-3H3,(H2,13,17). The van der Waals surface area contributed by atoms with Crippen LogP contribution < -0.4 is 5.73 Å². The van der Waals surface area contributed by atoms with Gasteiger partial charge in [0.05, 0.1) is 11.5 Å². The second-order valence-corrected chi connectivity index (χ2v) is 5.40. The molecule has 0 radical (unpaired) electrons. The van der Waals surface area contributed by atoms with Crippen molar-refractivity contribution in [3.8, 4) is 0 Å². The highest BCUT2D eigenvalue weighted by Gasteiger charge is 2.32. The third-order valence-electron chi connectivity index (χ3n) is 3.08. The van der Waals surface area contributed by atoms with Gasteiger partial charge in [0, 0.05) is 25.2 Å². The summed E-state index contributed by atoms with van der Waals surface area (Å²) in [4.78, 5) is 16.6. The van der Waals surface area contributed by atoms with Crippen LogP contribution in [0, 0.1) is 0 Å². The van der Waals surface area contributed by atoms with Gasteiger partial charge < -0.3 is 10.6 Å². The number of amides is 1. The predicted octanol–water partition coefficient (Wildman–Crippen LogP) is 0.994. The maximum absolute atomic E-state index is 12.2. The van der Waals surface area contributed by atoms with Crippen molar-refractivity contribution < 1.29 is 4.79 Å². The fourth-order valence-corrected chi connectivity index (χ4v) is 2.08. The van der Waals surface area contributed by atoms with Crippen LogP contribution in [0.1, 0.15) is 33.6 Å². The number of carbonyl (C=O) groups excluding carboxylic acids is 1. The molecule has 1 rings (SSSR count). The molecular weight excluding hydrogens is 234 g/mol. The van der Waals surface area contributed by atoms with Gasteiger partial charge in [-0.15, -0.1) is 0 Å². The molecule has 0 aliphatic heterocycles. The molecule has 1 saturated carbocycles. The van der Waals surface area contributed by atoms with Gasteiger partial charge in [-0.3, -0.25) is 9.69 Å². The highest BCUT2D eigenvalue weighted by molar-refractivity contribution is 7.80. The first-order valence-corrected chi connectivity index (χ1v) is 6.68. The molecule has 0 aromatic rings. The summed E-state index contributed by atoms with van der Waals surface area (Å²) in [5, 5.41) is 0. The molecule has 0 atom stereocenters. The molecule has 2 N–H and O–H groups in total. The van der Waals surface area contributed by atoms with E-state index in [0.717, 1.165) is 19.4 Å². The maximum atomic E-state index is 12.2. The van der Waals surface area contributed by atoms with Crippen LogP contribution in [0.15, 0.2) is 0 Å². The smallest absolute Gasteiger partial charge is 0.237 e. The number of thiocarbonyl (C=S) groups is 1. The van der Waals surface area contributed by atoms with Crippen LogP contribution in [0.5, 0.6) is 0 Å². The van der Waals surface area contributed by atoms with Crippen molar-refractivity contribution in [2.24, 2.45) is 5.73 Å². The molecule has 1 aliphatic carbocycles. The van der Waals surface area contributed by atoms with Gasteiger partial charge in [0.15, 0.2) is 0 Å². The van der Waals surface area contributed by atoms with Gasteiger partial charge in [0.1, 0.15) is 0 Å². The third-order valence-corrected chi connectivity index (χ3v) is 3.21. The Bertz CT molecular complexity index is 289. The summed E-state index contributed by atoms with van der Waals surface area (Å²) in [6, 6.07) is 0.754. The molecule has 1 fully saturated rings. The average Bonchev–Trinajstić information content (AvgIpc) is 3.01. The van der Waals surface area contributed by atoms with Crippen LogP contribution in [0.2, 0.25) is 0 Å². The van der Waals surface area contributed by atoms with Crippen LogP contribution in [0.25, 0.3) is 0 Å². The molecule has 1 amide bonds. The SMILES string of the molecule is CCN(C(=O)CN(CC(N)=S)C(C)C)C1CC1. The lowest BCUT2D eigenvalue weighted by Crippen LogP contribution is -2.46. The van der Waals surface area contributed by atoms with E-state index in [1.165, 1.54) is 0 Å². The van der Waals surface area contributed by atoms with Crippen molar-refractivity contribution in [3.63, 3.8) is 0 Å². The highest BCUT2D eigenvalue weighted by Crippen LogP contribution is 2.26. The number of nitrogens with two attached hydrogens (primary N) is 1. The van der Waals surface area contributed by atoms with Crippen molar-refractivity contribution in [3.05, 3.63) is 0 Å². The summed E-state index contributed by atoms with van der Waals surface area (Å²) in [5.41, 5.74) is 5.55. The Labute approximate surface area is 109 Å². The van der Waals surface area contributed by atoms with E-state index in [4.69, 9.17) is 18.0 Å². The zero-order chi connectivity index (χ0) is 13.0. The van der Waals surface area contributed by atoms with E-state index in [-0.39, 0.29) is 11.9 Å². The first-order chi connectivity index (χ1) is 7.95. The number of hydrogen-bond acceptors (Lipinski definition) is 3. The highest BCUT2D eigenvalue weighted by atomic mass is 32.1. The Morgan fingerprint density at radius 2 is 2.00 bits per heavy atom. The lowest BCUT2D eigenvalue weighted by molar-refractivity contribution is -0.133. The van der Waals surface area contributed by atoms with E-state index >= 15 is 0 Å². The van der Waals surface area contributed by atoms with Crippen molar-refractivity contribution >= 4 is 23.1 Å². The minimum absolute atomic E-state index is 0.194. The largest absolute Gasteiger partial charge is 0.392 e. The van der Waals surface area contributed by atoms with E-state index in [1.807, 2.05) is 16.7 Å². The molecule has 0 aromatic carbocycles. The molecular formula is C12H23N3OS. The van der Waals surface area contributed by atoms with Crippen molar-refractivity contribution in [2.75, 3.05) is 19.6 Å². The molecule has 1 aliphatic rings. The Morgan fingerprint density at radius 3 is 2.35 bits per heavy atom. The van der Waals surface area contributed by atoms with E-state index in [0.29, 0.717) is 24.1 Å². The zero-order valence-electron chi connectivity index (χ0n) is 11.0. The number of hydrogen-bond donors (Lipinski definition) is 1. The molecule has 0 spiro atoms. The number of carbonyl (C=O) groups is 1. The van der Waals surface area contributed by atoms with Crippen molar-refractivity contribution in [1.82, 2.24) is 9.80 Å². The van der Waals surface area contributed by atoms with Gasteiger partial charge in [-0.2, -0.15) is 0 Å². The molecule has 4 nitrogen and oxygen atoms in total. The first-order valence-electron chi connectivity index (χ1n) is 6.27. The summed E-state index contributed by atoms with van der Waals surface area (Å²) >= 11 is 4.91.